The molecule has 2 heterocycles. The molecular weight excluding hydrogens is 327 g/mol. The SMILES string of the molecule is CN1C[C@H](c2nc(Cc3ccc(OC(F)(F)F)cc3)no2)CC1=O. The van der Waals surface area contributed by atoms with Crippen LogP contribution in [0.1, 0.15) is 29.6 Å². The summed E-state index contributed by atoms with van der Waals surface area (Å²) in [5.74, 6) is 0.440. The summed E-state index contributed by atoms with van der Waals surface area (Å²) in [7, 11) is 1.71. The Bertz CT molecular complexity index is 728. The number of carbonyl (C=O) groups excluding carboxylic acids is 1. The zero-order valence-corrected chi connectivity index (χ0v) is 12.7. The third kappa shape index (κ3) is 3.84. The van der Waals surface area contributed by atoms with Gasteiger partial charge in [0, 0.05) is 26.4 Å². The van der Waals surface area contributed by atoms with Gasteiger partial charge in [-0.3, -0.25) is 4.79 Å². The van der Waals surface area contributed by atoms with Crippen LogP contribution in [-0.4, -0.2) is 40.9 Å². The van der Waals surface area contributed by atoms with Gasteiger partial charge in [-0.15, -0.1) is 13.2 Å². The van der Waals surface area contributed by atoms with Crippen molar-refractivity contribution in [1.82, 2.24) is 15.0 Å². The van der Waals surface area contributed by atoms with Gasteiger partial charge in [-0.1, -0.05) is 17.3 Å². The highest BCUT2D eigenvalue weighted by molar-refractivity contribution is 5.79. The highest BCUT2D eigenvalue weighted by Gasteiger charge is 2.32. The van der Waals surface area contributed by atoms with Crippen LogP contribution >= 0.6 is 0 Å². The molecule has 1 aliphatic rings. The Hall–Kier alpha value is -2.58. The first-order valence-electron chi connectivity index (χ1n) is 7.21. The molecule has 0 unspecified atom stereocenters. The second-order valence-electron chi connectivity index (χ2n) is 5.59. The number of likely N-dealkylation sites (tertiary alicyclic amines) is 1. The van der Waals surface area contributed by atoms with E-state index < -0.39 is 6.36 Å². The fraction of sp³-hybridized carbons (Fsp3) is 0.400. The average Bonchev–Trinajstić information content (AvgIpc) is 3.07. The van der Waals surface area contributed by atoms with Gasteiger partial charge in [0.25, 0.3) is 0 Å². The Morgan fingerprint density at radius 3 is 2.62 bits per heavy atom. The van der Waals surface area contributed by atoms with Gasteiger partial charge in [-0.25, -0.2) is 0 Å². The molecule has 0 N–H and O–H groups in total. The molecule has 0 radical (unpaired) electrons. The molecule has 1 aliphatic heterocycles. The molecule has 1 fully saturated rings. The lowest BCUT2D eigenvalue weighted by molar-refractivity contribution is -0.274. The molecule has 1 amide bonds. The van der Waals surface area contributed by atoms with Gasteiger partial charge in [0.05, 0.1) is 5.92 Å². The van der Waals surface area contributed by atoms with E-state index in [9.17, 15) is 18.0 Å². The van der Waals surface area contributed by atoms with E-state index in [1.54, 1.807) is 11.9 Å². The first kappa shape index (κ1) is 16.3. The maximum absolute atomic E-state index is 12.1. The van der Waals surface area contributed by atoms with Crippen LogP contribution in [-0.2, 0) is 11.2 Å². The molecule has 2 aromatic rings. The summed E-state index contributed by atoms with van der Waals surface area (Å²) in [6.07, 6.45) is -4.07. The summed E-state index contributed by atoms with van der Waals surface area (Å²) < 4.78 is 45.3. The highest BCUT2D eigenvalue weighted by atomic mass is 19.4. The smallest absolute Gasteiger partial charge is 0.406 e. The van der Waals surface area contributed by atoms with E-state index in [4.69, 9.17) is 4.52 Å². The largest absolute Gasteiger partial charge is 0.573 e. The van der Waals surface area contributed by atoms with Crippen LogP contribution in [0.3, 0.4) is 0 Å². The maximum atomic E-state index is 12.1. The van der Waals surface area contributed by atoms with Gasteiger partial charge in [-0.2, -0.15) is 4.98 Å². The molecule has 1 aromatic heterocycles. The number of alkyl halides is 3. The van der Waals surface area contributed by atoms with Crippen LogP contribution in [0.4, 0.5) is 13.2 Å². The summed E-state index contributed by atoms with van der Waals surface area (Å²) in [6.45, 7) is 0.532. The number of carbonyl (C=O) groups is 1. The Morgan fingerprint density at radius 1 is 1.33 bits per heavy atom. The second-order valence-corrected chi connectivity index (χ2v) is 5.59. The van der Waals surface area contributed by atoms with Crippen molar-refractivity contribution in [3.05, 3.63) is 41.5 Å². The van der Waals surface area contributed by atoms with Crippen LogP contribution in [0, 0.1) is 0 Å². The summed E-state index contributed by atoms with van der Waals surface area (Å²) in [5, 5.41) is 3.86. The fourth-order valence-electron chi connectivity index (χ4n) is 2.53. The lowest BCUT2D eigenvalue weighted by atomic mass is 10.1. The third-order valence-corrected chi connectivity index (χ3v) is 3.69. The highest BCUT2D eigenvalue weighted by Crippen LogP contribution is 2.26. The van der Waals surface area contributed by atoms with Crippen LogP contribution < -0.4 is 4.74 Å². The predicted molar refractivity (Wildman–Crippen MR) is 75.2 cm³/mol. The second kappa shape index (κ2) is 6.14. The zero-order valence-electron chi connectivity index (χ0n) is 12.7. The fourth-order valence-corrected chi connectivity index (χ4v) is 2.53. The molecule has 9 heteroatoms. The van der Waals surface area contributed by atoms with E-state index in [1.165, 1.54) is 24.3 Å². The molecule has 0 bridgehead atoms. The first-order valence-corrected chi connectivity index (χ1v) is 7.21. The molecular formula is C15H14F3N3O3. The van der Waals surface area contributed by atoms with Crippen LogP contribution in [0.2, 0.25) is 0 Å². The van der Waals surface area contributed by atoms with Crippen molar-refractivity contribution >= 4 is 5.91 Å². The van der Waals surface area contributed by atoms with Gasteiger partial charge < -0.3 is 14.2 Å². The van der Waals surface area contributed by atoms with Gasteiger partial charge >= 0.3 is 6.36 Å². The van der Waals surface area contributed by atoms with Gasteiger partial charge in [0.2, 0.25) is 11.8 Å². The number of amides is 1. The van der Waals surface area contributed by atoms with Crippen LogP contribution in [0.15, 0.2) is 28.8 Å². The minimum atomic E-state index is -4.71. The molecule has 3 rings (SSSR count). The number of rotatable bonds is 4. The lowest BCUT2D eigenvalue weighted by Crippen LogP contribution is -2.18. The number of ether oxygens (including phenoxy) is 1. The molecule has 24 heavy (non-hydrogen) atoms. The van der Waals surface area contributed by atoms with Gasteiger partial charge in [0.1, 0.15) is 5.75 Å². The molecule has 128 valence electrons. The molecule has 1 saturated heterocycles. The number of benzene rings is 1. The van der Waals surface area contributed by atoms with E-state index in [1.807, 2.05) is 0 Å². The van der Waals surface area contributed by atoms with Crippen LogP contribution in [0.25, 0.3) is 0 Å². The zero-order chi connectivity index (χ0) is 17.3. The molecule has 0 aliphatic carbocycles. The number of hydrogen-bond acceptors (Lipinski definition) is 5. The van der Waals surface area contributed by atoms with Crippen molar-refractivity contribution in [2.24, 2.45) is 0 Å². The van der Waals surface area contributed by atoms with E-state index in [0.29, 0.717) is 31.1 Å². The normalized spacial score (nSPS) is 18.2. The molecule has 6 nitrogen and oxygen atoms in total. The number of nitrogens with zero attached hydrogens (tertiary/aromatic N) is 3. The quantitative estimate of drug-likeness (QED) is 0.855. The summed E-state index contributed by atoms with van der Waals surface area (Å²) in [4.78, 5) is 17.4. The van der Waals surface area contributed by atoms with Gasteiger partial charge in [-0.05, 0) is 17.7 Å². The molecule has 1 atom stereocenters. The first-order chi connectivity index (χ1) is 11.3. The van der Waals surface area contributed by atoms with E-state index >= 15 is 0 Å². The topological polar surface area (TPSA) is 68.5 Å². The molecule has 0 spiro atoms. The van der Waals surface area contributed by atoms with Gasteiger partial charge in [0.15, 0.2) is 5.82 Å². The van der Waals surface area contributed by atoms with Crippen molar-refractivity contribution in [2.75, 3.05) is 13.6 Å². The average molecular weight is 341 g/mol. The Labute approximate surface area is 135 Å². The number of likely N-dealkylation sites (N-methyl/N-ethyl adjacent to an activating group) is 1. The summed E-state index contributed by atoms with van der Waals surface area (Å²) in [5.41, 5.74) is 0.719. The van der Waals surface area contributed by atoms with Crippen molar-refractivity contribution < 1.29 is 27.2 Å². The Kier molecular flexibility index (Phi) is 4.16. The van der Waals surface area contributed by atoms with E-state index in [2.05, 4.69) is 14.9 Å². The standard InChI is InChI=1S/C15H14F3N3O3/c1-21-8-10(7-13(21)22)14-19-12(20-24-14)6-9-2-4-11(5-3-9)23-15(16,17)18/h2-5,10H,6-8H2,1H3/t10-/m1/s1. The Balaban J connectivity index is 1.64. The number of aromatic nitrogens is 2. The monoisotopic (exact) mass is 341 g/mol. The summed E-state index contributed by atoms with van der Waals surface area (Å²) in [6, 6.07) is 5.47. The van der Waals surface area contributed by atoms with Crippen molar-refractivity contribution in [2.45, 2.75) is 25.1 Å². The predicted octanol–water partition coefficient (Wildman–Crippen LogP) is 2.50. The minimum Gasteiger partial charge on any atom is -0.406 e. The number of halogens is 3. The minimum absolute atomic E-state index is 0.0278. The molecule has 0 saturated carbocycles. The number of hydrogen-bond donors (Lipinski definition) is 0. The van der Waals surface area contributed by atoms with Crippen molar-refractivity contribution in [3.63, 3.8) is 0 Å². The van der Waals surface area contributed by atoms with Crippen molar-refractivity contribution in [3.8, 4) is 5.75 Å². The summed E-state index contributed by atoms with van der Waals surface area (Å²) >= 11 is 0. The van der Waals surface area contributed by atoms with E-state index in [0.717, 1.165) is 5.56 Å². The van der Waals surface area contributed by atoms with Crippen LogP contribution in [0.5, 0.6) is 5.75 Å². The van der Waals surface area contributed by atoms with Crippen molar-refractivity contribution in [1.29, 1.82) is 0 Å². The Morgan fingerprint density at radius 2 is 2.04 bits per heavy atom. The maximum Gasteiger partial charge on any atom is 0.573 e. The molecule has 1 aromatic carbocycles. The van der Waals surface area contributed by atoms with E-state index in [-0.39, 0.29) is 17.6 Å². The third-order valence-electron chi connectivity index (χ3n) is 3.69. The lowest BCUT2D eigenvalue weighted by Gasteiger charge is -2.08.